The van der Waals surface area contributed by atoms with Gasteiger partial charge in [0.15, 0.2) is 5.82 Å². The van der Waals surface area contributed by atoms with Gasteiger partial charge in [-0.25, -0.2) is 22.6 Å². The summed E-state index contributed by atoms with van der Waals surface area (Å²) in [7, 11) is -3.91. The Labute approximate surface area is 131 Å². The van der Waals surface area contributed by atoms with Gasteiger partial charge < -0.3 is 0 Å². The van der Waals surface area contributed by atoms with Gasteiger partial charge in [-0.05, 0) is 25.0 Å². The number of sulfonamides is 1. The Kier molecular flexibility index (Phi) is 5.01. The molecule has 1 aliphatic rings. The summed E-state index contributed by atoms with van der Waals surface area (Å²) < 4.78 is 39.8. The van der Waals surface area contributed by atoms with Crippen LogP contribution in [0.1, 0.15) is 12.8 Å². The number of hydrogen-bond acceptors (Lipinski definition) is 4. The van der Waals surface area contributed by atoms with Crippen LogP contribution >= 0.6 is 23.2 Å². The third kappa shape index (κ3) is 3.27. The standard InChI is InChI=1S/C12H11Cl2FN2O3S/c13-9-1-2-10(11(14)12(9)15)21(19,20)17-5-3-8(4-6-17)16-7-18/h1-2,8H,3-6H2. The van der Waals surface area contributed by atoms with Crippen molar-refractivity contribution >= 4 is 39.3 Å². The van der Waals surface area contributed by atoms with E-state index in [0.717, 1.165) is 6.07 Å². The zero-order valence-electron chi connectivity index (χ0n) is 10.7. The Bertz CT molecular complexity index is 697. The molecule has 0 spiro atoms. The summed E-state index contributed by atoms with van der Waals surface area (Å²) in [5.74, 6) is -0.958. The SMILES string of the molecule is O=C=NC1CCN(S(=O)(=O)c2ccc(Cl)c(F)c2Cl)CC1. The monoisotopic (exact) mass is 352 g/mol. The lowest BCUT2D eigenvalue weighted by Gasteiger charge is -2.29. The molecule has 0 saturated carbocycles. The maximum absolute atomic E-state index is 13.6. The van der Waals surface area contributed by atoms with Crippen molar-refractivity contribution in [1.82, 2.24) is 4.31 Å². The first-order chi connectivity index (χ1) is 9.87. The maximum atomic E-state index is 13.6. The molecule has 0 unspecified atom stereocenters. The maximum Gasteiger partial charge on any atom is 0.244 e. The fraction of sp³-hybridized carbons (Fsp3) is 0.417. The summed E-state index contributed by atoms with van der Waals surface area (Å²) in [6, 6.07) is 2.10. The van der Waals surface area contributed by atoms with Crippen LogP contribution in [0.3, 0.4) is 0 Å². The van der Waals surface area contributed by atoms with Crippen LogP contribution in [0.25, 0.3) is 0 Å². The molecule has 9 heteroatoms. The number of hydrogen-bond donors (Lipinski definition) is 0. The van der Waals surface area contributed by atoms with E-state index >= 15 is 0 Å². The first-order valence-corrected chi connectivity index (χ1v) is 8.28. The van der Waals surface area contributed by atoms with E-state index in [1.54, 1.807) is 0 Å². The van der Waals surface area contributed by atoms with Crippen molar-refractivity contribution in [2.24, 2.45) is 4.99 Å². The van der Waals surface area contributed by atoms with Crippen molar-refractivity contribution in [2.45, 2.75) is 23.8 Å². The van der Waals surface area contributed by atoms with Gasteiger partial charge in [0.1, 0.15) is 4.90 Å². The molecule has 1 aliphatic heterocycles. The summed E-state index contributed by atoms with van der Waals surface area (Å²) in [4.78, 5) is 13.5. The smallest absolute Gasteiger partial charge is 0.211 e. The van der Waals surface area contributed by atoms with Gasteiger partial charge in [0.2, 0.25) is 16.1 Å². The Morgan fingerprint density at radius 1 is 1.29 bits per heavy atom. The van der Waals surface area contributed by atoms with E-state index in [-0.39, 0.29) is 29.0 Å². The van der Waals surface area contributed by atoms with Crippen LogP contribution in [0.15, 0.2) is 22.0 Å². The number of halogens is 3. The van der Waals surface area contributed by atoms with Crippen LogP contribution in [0.5, 0.6) is 0 Å². The average Bonchev–Trinajstić information content (AvgIpc) is 2.45. The number of benzene rings is 1. The summed E-state index contributed by atoms with van der Waals surface area (Å²) in [6.07, 6.45) is 2.28. The fourth-order valence-electron chi connectivity index (χ4n) is 2.13. The summed E-state index contributed by atoms with van der Waals surface area (Å²) >= 11 is 11.3. The fourth-order valence-corrected chi connectivity index (χ4v) is 4.32. The molecule has 1 aromatic rings. The van der Waals surface area contributed by atoms with E-state index in [9.17, 15) is 17.6 Å². The second kappa shape index (κ2) is 6.42. The molecule has 1 aromatic carbocycles. The molecular formula is C12H11Cl2FN2O3S. The Hall–Kier alpha value is -0.980. The second-order valence-corrected chi connectivity index (χ2v) is 7.22. The molecular weight excluding hydrogens is 342 g/mol. The zero-order valence-corrected chi connectivity index (χ0v) is 13.1. The number of rotatable bonds is 3. The third-order valence-electron chi connectivity index (χ3n) is 3.28. The molecule has 0 bridgehead atoms. The molecule has 1 saturated heterocycles. The van der Waals surface area contributed by atoms with Crippen molar-refractivity contribution < 1.29 is 17.6 Å². The Morgan fingerprint density at radius 2 is 1.90 bits per heavy atom. The van der Waals surface area contributed by atoms with Crippen LogP contribution in [0, 0.1) is 5.82 Å². The minimum absolute atomic E-state index is 0.179. The highest BCUT2D eigenvalue weighted by molar-refractivity contribution is 7.89. The largest absolute Gasteiger partial charge is 0.244 e. The van der Waals surface area contributed by atoms with Crippen molar-refractivity contribution in [3.05, 3.63) is 28.0 Å². The second-order valence-electron chi connectivity index (χ2n) is 4.53. The molecule has 1 fully saturated rings. The minimum Gasteiger partial charge on any atom is -0.211 e. The van der Waals surface area contributed by atoms with Gasteiger partial charge in [0.25, 0.3) is 0 Å². The highest BCUT2D eigenvalue weighted by Gasteiger charge is 2.32. The van der Waals surface area contributed by atoms with Crippen LogP contribution < -0.4 is 0 Å². The average molecular weight is 353 g/mol. The highest BCUT2D eigenvalue weighted by atomic mass is 35.5. The van der Waals surface area contributed by atoms with E-state index in [0.29, 0.717) is 12.8 Å². The summed E-state index contributed by atoms with van der Waals surface area (Å²) in [6.45, 7) is 0.359. The lowest BCUT2D eigenvalue weighted by Crippen LogP contribution is -2.39. The van der Waals surface area contributed by atoms with E-state index in [1.165, 1.54) is 16.5 Å². The molecule has 5 nitrogen and oxygen atoms in total. The van der Waals surface area contributed by atoms with E-state index < -0.39 is 20.9 Å². The third-order valence-corrected chi connectivity index (χ3v) is 5.99. The molecule has 1 heterocycles. The number of nitrogens with zero attached hydrogens (tertiary/aromatic N) is 2. The van der Waals surface area contributed by atoms with Gasteiger partial charge in [-0.2, -0.15) is 4.31 Å². The molecule has 2 rings (SSSR count). The predicted octanol–water partition coefficient (Wildman–Crippen LogP) is 2.62. The van der Waals surface area contributed by atoms with Crippen molar-refractivity contribution in [1.29, 1.82) is 0 Å². The first kappa shape index (κ1) is 16.4. The van der Waals surface area contributed by atoms with Gasteiger partial charge in [0.05, 0.1) is 16.1 Å². The lowest BCUT2D eigenvalue weighted by atomic mass is 10.1. The van der Waals surface area contributed by atoms with Gasteiger partial charge in [-0.15, -0.1) is 0 Å². The number of aliphatic imine (C=N–C) groups is 1. The molecule has 0 amide bonds. The van der Waals surface area contributed by atoms with E-state index in [1.807, 2.05) is 0 Å². The molecule has 114 valence electrons. The predicted molar refractivity (Wildman–Crippen MR) is 76.3 cm³/mol. The quantitative estimate of drug-likeness (QED) is 0.477. The number of carbonyl (C=O) groups excluding carboxylic acids is 1. The Morgan fingerprint density at radius 3 is 2.48 bits per heavy atom. The van der Waals surface area contributed by atoms with E-state index in [2.05, 4.69) is 4.99 Å². The lowest BCUT2D eigenvalue weighted by molar-refractivity contribution is 0.320. The first-order valence-electron chi connectivity index (χ1n) is 6.08. The molecule has 0 atom stereocenters. The van der Waals surface area contributed by atoms with Gasteiger partial charge in [-0.3, -0.25) is 0 Å². The molecule has 0 N–H and O–H groups in total. The van der Waals surface area contributed by atoms with Crippen LogP contribution in [-0.4, -0.2) is 37.9 Å². The van der Waals surface area contributed by atoms with Crippen LogP contribution in [-0.2, 0) is 14.8 Å². The van der Waals surface area contributed by atoms with Crippen molar-refractivity contribution in [3.8, 4) is 0 Å². The van der Waals surface area contributed by atoms with E-state index in [4.69, 9.17) is 23.2 Å². The van der Waals surface area contributed by atoms with Crippen LogP contribution in [0.2, 0.25) is 10.0 Å². The van der Waals surface area contributed by atoms with Gasteiger partial charge in [0, 0.05) is 13.1 Å². The Balaban J connectivity index is 2.28. The molecule has 21 heavy (non-hydrogen) atoms. The number of piperidine rings is 1. The van der Waals surface area contributed by atoms with Gasteiger partial charge in [-0.1, -0.05) is 23.2 Å². The topological polar surface area (TPSA) is 66.8 Å². The molecule has 0 aliphatic carbocycles. The zero-order chi connectivity index (χ0) is 15.6. The molecule has 0 aromatic heterocycles. The summed E-state index contributed by atoms with van der Waals surface area (Å²) in [5, 5.41) is -0.756. The van der Waals surface area contributed by atoms with Crippen molar-refractivity contribution in [2.75, 3.05) is 13.1 Å². The summed E-state index contributed by atoms with van der Waals surface area (Å²) in [5.41, 5.74) is 0. The molecule has 0 radical (unpaired) electrons. The minimum atomic E-state index is -3.91. The van der Waals surface area contributed by atoms with Crippen molar-refractivity contribution in [3.63, 3.8) is 0 Å². The highest BCUT2D eigenvalue weighted by Crippen LogP contribution is 2.32. The number of isocyanates is 1. The normalized spacial score (nSPS) is 17.5. The van der Waals surface area contributed by atoms with Crippen LogP contribution in [0.4, 0.5) is 4.39 Å². The van der Waals surface area contributed by atoms with Gasteiger partial charge >= 0.3 is 0 Å².